The average Bonchev–Trinajstić information content (AvgIpc) is 3.91. The molecule has 7 rings (SSSR count). The lowest BCUT2D eigenvalue weighted by Crippen LogP contribution is -2.14. The summed E-state index contributed by atoms with van der Waals surface area (Å²) in [7, 11) is 9.88. The number of nitrogens with zero attached hydrogens (tertiary/aromatic N) is 3. The molecule has 276 valence electrons. The highest BCUT2D eigenvalue weighted by Gasteiger charge is 2.25. The van der Waals surface area contributed by atoms with E-state index in [0.717, 1.165) is 33.4 Å². The average molecular weight is 730 g/mol. The Balaban J connectivity index is 1.36. The predicted octanol–water partition coefficient (Wildman–Crippen LogP) is 6.47. The molecule has 0 radical (unpaired) electrons. The Morgan fingerprint density at radius 2 is 0.667 bits per heavy atom. The van der Waals surface area contributed by atoms with Crippen LogP contribution in [0.4, 0.5) is 0 Å². The highest BCUT2D eigenvalue weighted by Crippen LogP contribution is 2.41. The number of hydrogen-bond acceptors (Lipinski definition) is 9. The van der Waals surface area contributed by atoms with Crippen molar-refractivity contribution in [3.8, 4) is 34.5 Å². The molecule has 3 aromatic heterocycles. The fourth-order valence-corrected chi connectivity index (χ4v) is 6.73. The van der Waals surface area contributed by atoms with E-state index in [1.807, 2.05) is 36.4 Å². The number of esters is 3. The first-order valence-corrected chi connectivity index (χ1v) is 17.2. The molecule has 1 aliphatic rings. The second kappa shape index (κ2) is 14.7. The zero-order chi connectivity index (χ0) is 38.1. The summed E-state index contributed by atoms with van der Waals surface area (Å²) in [5.41, 5.74) is 6.39. The van der Waals surface area contributed by atoms with Gasteiger partial charge in [-0.15, -0.1) is 0 Å². The molecule has 6 aromatic rings. The normalized spacial score (nSPS) is 11.9. The van der Waals surface area contributed by atoms with Gasteiger partial charge in [-0.25, -0.2) is 14.4 Å². The minimum atomic E-state index is -0.530. The molecule has 3 aromatic carbocycles. The maximum absolute atomic E-state index is 13.3. The van der Waals surface area contributed by atoms with Crippen LogP contribution in [-0.2, 0) is 40.4 Å². The monoisotopic (exact) mass is 729 g/mol. The lowest BCUT2D eigenvalue weighted by atomic mass is 9.94. The van der Waals surface area contributed by atoms with Crippen molar-refractivity contribution in [3.05, 3.63) is 142 Å². The number of ether oxygens (including phenoxy) is 6. The van der Waals surface area contributed by atoms with Crippen molar-refractivity contribution in [1.82, 2.24) is 13.7 Å². The van der Waals surface area contributed by atoms with Crippen molar-refractivity contribution < 1.29 is 42.8 Å². The van der Waals surface area contributed by atoms with E-state index in [1.54, 1.807) is 89.8 Å². The van der Waals surface area contributed by atoms with Gasteiger partial charge in [0.1, 0.15) is 17.1 Å². The predicted molar refractivity (Wildman–Crippen MR) is 199 cm³/mol. The third-order valence-corrected chi connectivity index (χ3v) is 9.67. The number of methoxy groups -OCH3 is 3. The van der Waals surface area contributed by atoms with E-state index >= 15 is 0 Å². The van der Waals surface area contributed by atoms with E-state index in [1.165, 1.54) is 21.3 Å². The molecule has 1 aliphatic carbocycles. The lowest BCUT2D eigenvalue weighted by Gasteiger charge is -2.18. The van der Waals surface area contributed by atoms with Gasteiger partial charge in [0.25, 0.3) is 0 Å². The van der Waals surface area contributed by atoms with Gasteiger partial charge in [0.15, 0.2) is 34.5 Å². The molecule has 12 nitrogen and oxygen atoms in total. The van der Waals surface area contributed by atoms with Gasteiger partial charge in [-0.05, 0) is 125 Å². The molecular weight excluding hydrogens is 690 g/mol. The molecule has 0 atom stereocenters. The molecule has 0 fully saturated rings. The van der Waals surface area contributed by atoms with E-state index in [-0.39, 0.29) is 17.2 Å². The van der Waals surface area contributed by atoms with Crippen molar-refractivity contribution in [2.75, 3.05) is 21.3 Å². The van der Waals surface area contributed by atoms with Crippen LogP contribution >= 0.6 is 0 Å². The number of rotatable bonds is 9. The zero-order valence-electron chi connectivity index (χ0n) is 30.8. The summed E-state index contributed by atoms with van der Waals surface area (Å²) in [5.74, 6) is 0.319. The number of fused-ring (bicyclic) bond motifs is 3. The van der Waals surface area contributed by atoms with E-state index in [9.17, 15) is 14.4 Å². The van der Waals surface area contributed by atoms with Gasteiger partial charge in [0.2, 0.25) is 0 Å². The molecule has 0 bridgehead atoms. The highest BCUT2D eigenvalue weighted by atomic mass is 16.6. The van der Waals surface area contributed by atoms with E-state index in [0.29, 0.717) is 53.6 Å². The topological polar surface area (TPSA) is 121 Å². The van der Waals surface area contributed by atoms with Crippen LogP contribution in [0.25, 0.3) is 0 Å². The number of aryl methyl sites for hydroxylation is 3. The summed E-state index contributed by atoms with van der Waals surface area (Å²) >= 11 is 0. The van der Waals surface area contributed by atoms with Crippen LogP contribution in [0, 0.1) is 0 Å². The standard InChI is InChI=1S/C42H39N3O9/c1-43-13-7-10-31(43)40(46)52-37-22-28-16-26-20-35(50-5)39(54-42(48)33-12-9-15-45(33)3)24-30(26)18-27-21-36(51-6)38(53-41(47)32-11-8-14-44(32)2)23-29(27)17-25(28)19-34(37)49-4/h7-15,19-24H,16-18H2,1-6H3. The Hall–Kier alpha value is -6.69. The zero-order valence-corrected chi connectivity index (χ0v) is 30.8. The molecule has 12 heteroatoms. The number of hydrogen-bond donors (Lipinski definition) is 0. The van der Waals surface area contributed by atoms with Crippen molar-refractivity contribution in [3.63, 3.8) is 0 Å². The van der Waals surface area contributed by atoms with Gasteiger partial charge in [-0.2, -0.15) is 0 Å². The summed E-state index contributed by atoms with van der Waals surface area (Å²) in [4.78, 5) is 39.8. The first-order chi connectivity index (χ1) is 26.1. The van der Waals surface area contributed by atoms with Crippen LogP contribution in [0.15, 0.2) is 91.4 Å². The molecule has 0 N–H and O–H groups in total. The fourth-order valence-electron chi connectivity index (χ4n) is 6.73. The smallest absolute Gasteiger partial charge is 0.360 e. The fraction of sp³-hybridized carbons (Fsp3) is 0.214. The van der Waals surface area contributed by atoms with Gasteiger partial charge < -0.3 is 42.1 Å². The molecule has 54 heavy (non-hydrogen) atoms. The van der Waals surface area contributed by atoms with Crippen LogP contribution in [-0.4, -0.2) is 52.9 Å². The minimum absolute atomic E-state index is 0.260. The van der Waals surface area contributed by atoms with Gasteiger partial charge in [-0.1, -0.05) is 0 Å². The van der Waals surface area contributed by atoms with Crippen LogP contribution in [0.3, 0.4) is 0 Å². The van der Waals surface area contributed by atoms with Gasteiger partial charge in [0, 0.05) is 39.7 Å². The summed E-state index contributed by atoms with van der Waals surface area (Å²) in [6, 6.07) is 21.4. The van der Waals surface area contributed by atoms with Crippen LogP contribution < -0.4 is 28.4 Å². The largest absolute Gasteiger partial charge is 0.493 e. The van der Waals surface area contributed by atoms with Crippen LogP contribution in [0.2, 0.25) is 0 Å². The Morgan fingerprint density at radius 1 is 0.426 bits per heavy atom. The minimum Gasteiger partial charge on any atom is -0.493 e. The summed E-state index contributed by atoms with van der Waals surface area (Å²) in [6.07, 6.45) is 6.53. The van der Waals surface area contributed by atoms with Crippen molar-refractivity contribution in [2.45, 2.75) is 19.3 Å². The second-order valence-electron chi connectivity index (χ2n) is 13.0. The second-order valence-corrected chi connectivity index (χ2v) is 13.0. The summed E-state index contributed by atoms with van der Waals surface area (Å²) < 4.78 is 40.2. The number of benzene rings is 3. The third-order valence-electron chi connectivity index (χ3n) is 9.67. The Bertz CT molecular complexity index is 2150. The van der Waals surface area contributed by atoms with Crippen LogP contribution in [0.1, 0.15) is 64.8 Å². The number of carbonyl (C=O) groups is 3. The van der Waals surface area contributed by atoms with Crippen molar-refractivity contribution in [2.24, 2.45) is 21.1 Å². The van der Waals surface area contributed by atoms with Gasteiger partial charge in [0.05, 0.1) is 21.3 Å². The first kappa shape index (κ1) is 35.7. The van der Waals surface area contributed by atoms with Gasteiger partial charge >= 0.3 is 17.9 Å². The van der Waals surface area contributed by atoms with Crippen molar-refractivity contribution in [1.29, 1.82) is 0 Å². The molecule has 0 amide bonds. The molecule has 3 heterocycles. The molecule has 0 saturated carbocycles. The van der Waals surface area contributed by atoms with Crippen LogP contribution in [0.5, 0.6) is 34.5 Å². The first-order valence-electron chi connectivity index (χ1n) is 17.2. The summed E-state index contributed by atoms with van der Waals surface area (Å²) in [5, 5.41) is 0. The highest BCUT2D eigenvalue weighted by molar-refractivity contribution is 5.91. The molecule has 0 spiro atoms. The molecule has 0 aliphatic heterocycles. The number of carbonyl (C=O) groups excluding carboxylic acids is 3. The Morgan fingerprint density at radius 3 is 0.870 bits per heavy atom. The van der Waals surface area contributed by atoms with Gasteiger partial charge in [-0.3, -0.25) is 0 Å². The maximum Gasteiger partial charge on any atom is 0.360 e. The molecular formula is C42H39N3O9. The lowest BCUT2D eigenvalue weighted by molar-refractivity contribution is 0.0710. The number of aromatic nitrogens is 3. The van der Waals surface area contributed by atoms with E-state index in [4.69, 9.17) is 28.4 Å². The summed E-state index contributed by atoms with van der Waals surface area (Å²) in [6.45, 7) is 0. The SMILES string of the molecule is COc1cc2c(cc1OC(=O)c1cccn1C)Cc1cc(OC)c(OC(=O)c3cccn3C)cc1Cc1cc(OC)c(OC(=O)c3cccn3C)cc1C2. The maximum atomic E-state index is 13.3. The molecule has 0 unspecified atom stereocenters. The van der Waals surface area contributed by atoms with Crippen molar-refractivity contribution >= 4 is 17.9 Å². The molecule has 0 saturated heterocycles. The third kappa shape index (κ3) is 6.93. The Labute approximate surface area is 312 Å². The van der Waals surface area contributed by atoms with E-state index < -0.39 is 17.9 Å². The van der Waals surface area contributed by atoms with E-state index in [2.05, 4.69) is 0 Å². The quantitative estimate of drug-likeness (QED) is 0.122. The Kier molecular flexibility index (Phi) is 9.75.